The zero-order valence-electron chi connectivity index (χ0n) is 13.9. The molecule has 1 aliphatic heterocycles. The molecule has 0 spiro atoms. The van der Waals surface area contributed by atoms with E-state index in [1.807, 2.05) is 18.2 Å². The molecule has 0 bridgehead atoms. The zero-order chi connectivity index (χ0) is 16.2. The van der Waals surface area contributed by atoms with Crippen LogP contribution in [0, 0.1) is 0 Å². The molecular formula is C19H25ClN2O. The Kier molecular flexibility index (Phi) is 5.42. The van der Waals surface area contributed by atoms with Crippen molar-refractivity contribution >= 4 is 17.7 Å². The molecule has 0 atom stereocenters. The van der Waals surface area contributed by atoms with E-state index in [2.05, 4.69) is 22.5 Å². The lowest BCUT2D eigenvalue weighted by molar-refractivity contribution is 0.151. The Balaban J connectivity index is 1.68. The molecule has 124 valence electrons. The maximum atomic E-state index is 6.40. The molecule has 2 aliphatic rings. The predicted molar refractivity (Wildman–Crippen MR) is 97.4 cm³/mol. The Morgan fingerprint density at radius 1 is 1.17 bits per heavy atom. The van der Waals surface area contributed by atoms with E-state index in [0.29, 0.717) is 0 Å². The number of rotatable bonds is 5. The summed E-state index contributed by atoms with van der Waals surface area (Å²) >= 11 is 6.40. The maximum Gasteiger partial charge on any atom is 0.122 e. The van der Waals surface area contributed by atoms with Crippen molar-refractivity contribution in [3.05, 3.63) is 46.5 Å². The molecule has 1 heterocycles. The van der Waals surface area contributed by atoms with Crippen LogP contribution in [0.2, 0.25) is 5.02 Å². The number of benzene rings is 1. The van der Waals surface area contributed by atoms with Gasteiger partial charge in [0, 0.05) is 49.9 Å². The van der Waals surface area contributed by atoms with Crippen LogP contribution in [-0.4, -0.2) is 56.2 Å². The molecule has 23 heavy (non-hydrogen) atoms. The van der Waals surface area contributed by atoms with Crippen molar-refractivity contribution in [2.45, 2.75) is 12.8 Å². The average Bonchev–Trinajstić information content (AvgIpc) is 2.58. The number of fused-ring (bicyclic) bond motifs is 1. The van der Waals surface area contributed by atoms with Crippen LogP contribution in [0.15, 0.2) is 30.4 Å². The molecule has 0 saturated carbocycles. The molecule has 1 saturated heterocycles. The van der Waals surface area contributed by atoms with Gasteiger partial charge in [0.2, 0.25) is 0 Å². The number of halogens is 1. The Morgan fingerprint density at radius 3 is 2.61 bits per heavy atom. The van der Waals surface area contributed by atoms with Gasteiger partial charge in [-0.25, -0.2) is 0 Å². The first-order valence-corrected chi connectivity index (χ1v) is 8.69. The van der Waals surface area contributed by atoms with Crippen molar-refractivity contribution in [3.63, 3.8) is 0 Å². The van der Waals surface area contributed by atoms with Crippen LogP contribution >= 0.6 is 11.6 Å². The van der Waals surface area contributed by atoms with Gasteiger partial charge in [0.25, 0.3) is 0 Å². The zero-order valence-corrected chi connectivity index (χ0v) is 14.6. The van der Waals surface area contributed by atoms with Gasteiger partial charge in [-0.2, -0.15) is 0 Å². The number of hydrogen-bond acceptors (Lipinski definition) is 3. The van der Waals surface area contributed by atoms with E-state index in [9.17, 15) is 0 Å². The van der Waals surface area contributed by atoms with Crippen molar-refractivity contribution in [1.82, 2.24) is 9.80 Å². The lowest BCUT2D eigenvalue weighted by atomic mass is 9.91. The van der Waals surface area contributed by atoms with Gasteiger partial charge < -0.3 is 4.74 Å². The summed E-state index contributed by atoms with van der Waals surface area (Å²) in [5.74, 6) is 0.956. The maximum absolute atomic E-state index is 6.40. The third-order valence-corrected chi connectivity index (χ3v) is 5.13. The van der Waals surface area contributed by atoms with Gasteiger partial charge in [-0.05, 0) is 30.5 Å². The molecule has 0 amide bonds. The van der Waals surface area contributed by atoms with Gasteiger partial charge >= 0.3 is 0 Å². The van der Waals surface area contributed by atoms with Gasteiger partial charge in [-0.3, -0.25) is 9.80 Å². The summed E-state index contributed by atoms with van der Waals surface area (Å²) in [4.78, 5) is 5.00. The molecule has 1 aromatic carbocycles. The number of ether oxygens (including phenoxy) is 1. The molecule has 0 aromatic heterocycles. The summed E-state index contributed by atoms with van der Waals surface area (Å²) in [6.07, 6.45) is 6.38. The monoisotopic (exact) mass is 332 g/mol. The van der Waals surface area contributed by atoms with E-state index < -0.39 is 0 Å². The van der Waals surface area contributed by atoms with Crippen LogP contribution in [0.1, 0.15) is 17.5 Å². The van der Waals surface area contributed by atoms with E-state index in [4.69, 9.17) is 16.3 Å². The fraction of sp³-hybridized carbons (Fsp3) is 0.474. The molecule has 1 fully saturated rings. The van der Waals surface area contributed by atoms with Crippen LogP contribution < -0.4 is 4.74 Å². The van der Waals surface area contributed by atoms with Crippen molar-refractivity contribution in [2.24, 2.45) is 0 Å². The summed E-state index contributed by atoms with van der Waals surface area (Å²) in [6, 6.07) is 3.91. The Bertz CT molecular complexity index is 604. The molecule has 0 radical (unpaired) electrons. The SMILES string of the molecule is C=CCN1CCN(CC2=Cc3c(Cl)ccc(OC)c3CC2)CC1. The fourth-order valence-electron chi connectivity index (χ4n) is 3.51. The van der Waals surface area contributed by atoms with Gasteiger partial charge in [-0.1, -0.05) is 29.3 Å². The molecule has 0 N–H and O–H groups in total. The summed E-state index contributed by atoms with van der Waals surface area (Å²) in [5, 5.41) is 0.828. The highest BCUT2D eigenvalue weighted by Gasteiger charge is 2.21. The molecular weight excluding hydrogens is 308 g/mol. The van der Waals surface area contributed by atoms with Crippen molar-refractivity contribution in [2.75, 3.05) is 46.4 Å². The normalized spacial score (nSPS) is 19.1. The van der Waals surface area contributed by atoms with Crippen LogP contribution in [-0.2, 0) is 6.42 Å². The van der Waals surface area contributed by atoms with Crippen LogP contribution in [0.4, 0.5) is 0 Å². The third-order valence-electron chi connectivity index (χ3n) is 4.80. The lowest BCUT2D eigenvalue weighted by Gasteiger charge is -2.35. The Labute approximate surface area is 144 Å². The van der Waals surface area contributed by atoms with E-state index in [-0.39, 0.29) is 0 Å². The number of nitrogens with zero attached hydrogens (tertiary/aromatic N) is 2. The standard InChI is InChI=1S/C19H25ClN2O/c1-3-8-21-9-11-22(12-10-21)14-15-4-5-16-17(13-15)18(20)6-7-19(16)23-2/h3,6-7,13H,1,4-5,8-12,14H2,2H3. The minimum atomic E-state index is 0.828. The quantitative estimate of drug-likeness (QED) is 0.768. The summed E-state index contributed by atoms with van der Waals surface area (Å²) in [7, 11) is 1.73. The number of hydrogen-bond donors (Lipinski definition) is 0. The van der Waals surface area contributed by atoms with Gasteiger partial charge in [0.05, 0.1) is 7.11 Å². The first-order chi connectivity index (χ1) is 11.2. The molecule has 1 aromatic rings. The Morgan fingerprint density at radius 2 is 1.91 bits per heavy atom. The van der Waals surface area contributed by atoms with Gasteiger partial charge in [-0.15, -0.1) is 6.58 Å². The van der Waals surface area contributed by atoms with E-state index >= 15 is 0 Å². The van der Waals surface area contributed by atoms with E-state index in [1.165, 1.54) is 11.1 Å². The highest BCUT2D eigenvalue weighted by Crippen LogP contribution is 2.35. The lowest BCUT2D eigenvalue weighted by Crippen LogP contribution is -2.46. The third kappa shape index (κ3) is 3.79. The molecule has 1 aliphatic carbocycles. The highest BCUT2D eigenvalue weighted by atomic mass is 35.5. The summed E-state index contributed by atoms with van der Waals surface area (Å²) < 4.78 is 5.48. The second-order valence-corrected chi connectivity index (χ2v) is 6.72. The molecule has 3 rings (SSSR count). The second-order valence-electron chi connectivity index (χ2n) is 6.31. The minimum Gasteiger partial charge on any atom is -0.496 e. The first kappa shape index (κ1) is 16.6. The predicted octanol–water partition coefficient (Wildman–Crippen LogP) is 3.48. The van der Waals surface area contributed by atoms with Crippen molar-refractivity contribution in [1.29, 1.82) is 0 Å². The molecule has 4 heteroatoms. The minimum absolute atomic E-state index is 0.828. The average molecular weight is 333 g/mol. The molecule has 3 nitrogen and oxygen atoms in total. The Hall–Kier alpha value is -1.29. The largest absolute Gasteiger partial charge is 0.496 e. The first-order valence-electron chi connectivity index (χ1n) is 8.31. The van der Waals surface area contributed by atoms with Crippen LogP contribution in [0.25, 0.3) is 6.08 Å². The summed E-state index contributed by atoms with van der Waals surface area (Å²) in [5.41, 5.74) is 3.88. The fourth-order valence-corrected chi connectivity index (χ4v) is 3.74. The topological polar surface area (TPSA) is 15.7 Å². The summed E-state index contributed by atoms with van der Waals surface area (Å²) in [6.45, 7) is 10.4. The van der Waals surface area contributed by atoms with Gasteiger partial charge in [0.15, 0.2) is 0 Å². The second kappa shape index (κ2) is 7.52. The van der Waals surface area contributed by atoms with Crippen LogP contribution in [0.3, 0.4) is 0 Å². The van der Waals surface area contributed by atoms with Crippen molar-refractivity contribution in [3.8, 4) is 5.75 Å². The number of methoxy groups -OCH3 is 1. The van der Waals surface area contributed by atoms with Crippen LogP contribution in [0.5, 0.6) is 5.75 Å². The van der Waals surface area contributed by atoms with Crippen molar-refractivity contribution < 1.29 is 4.74 Å². The highest BCUT2D eigenvalue weighted by molar-refractivity contribution is 6.32. The van der Waals surface area contributed by atoms with Gasteiger partial charge in [0.1, 0.15) is 5.75 Å². The number of piperazine rings is 1. The van der Waals surface area contributed by atoms with E-state index in [1.54, 1.807) is 7.11 Å². The molecule has 0 unspecified atom stereocenters. The van der Waals surface area contributed by atoms with E-state index in [0.717, 1.165) is 68.4 Å². The smallest absolute Gasteiger partial charge is 0.122 e.